The van der Waals surface area contributed by atoms with Gasteiger partial charge in [0.25, 0.3) is 0 Å². The average molecular weight is 224 g/mol. The number of hydrogen-bond donors (Lipinski definition) is 1. The van der Waals surface area contributed by atoms with Crippen molar-refractivity contribution in [2.24, 2.45) is 12.8 Å². The third-order valence-corrected chi connectivity index (χ3v) is 2.92. The first-order chi connectivity index (χ1) is 7.75. The monoisotopic (exact) mass is 224 g/mol. The minimum atomic E-state index is 0.0480. The van der Waals surface area contributed by atoms with Gasteiger partial charge < -0.3 is 10.5 Å². The van der Waals surface area contributed by atoms with Crippen molar-refractivity contribution in [1.82, 2.24) is 14.7 Å². The Bertz CT molecular complexity index is 318. The van der Waals surface area contributed by atoms with Crippen LogP contribution in [-0.2, 0) is 11.8 Å². The minimum Gasteiger partial charge on any atom is -0.380 e. The molecule has 1 aromatic rings. The second kappa shape index (κ2) is 5.43. The summed E-state index contributed by atoms with van der Waals surface area (Å²) in [6, 6.07) is 0.0480. The second-order valence-electron chi connectivity index (χ2n) is 4.32. The highest BCUT2D eigenvalue weighted by atomic mass is 16.5. The molecule has 16 heavy (non-hydrogen) atoms. The first-order valence-electron chi connectivity index (χ1n) is 5.80. The smallest absolute Gasteiger partial charge is 0.0593 e. The molecule has 0 radical (unpaired) electrons. The maximum atomic E-state index is 6.15. The van der Waals surface area contributed by atoms with Gasteiger partial charge in [0.1, 0.15) is 0 Å². The number of rotatable bonds is 3. The van der Waals surface area contributed by atoms with E-state index in [0.717, 1.165) is 44.8 Å². The van der Waals surface area contributed by atoms with E-state index in [1.165, 1.54) is 0 Å². The molecule has 1 atom stereocenters. The van der Waals surface area contributed by atoms with E-state index in [4.69, 9.17) is 10.5 Å². The molecule has 1 aliphatic rings. The summed E-state index contributed by atoms with van der Waals surface area (Å²) in [5.41, 5.74) is 7.26. The highest BCUT2D eigenvalue weighted by Crippen LogP contribution is 2.11. The Kier molecular flexibility index (Phi) is 3.93. The number of ether oxygens (including phenoxy) is 1. The topological polar surface area (TPSA) is 56.3 Å². The molecular formula is C11H20N4O. The summed E-state index contributed by atoms with van der Waals surface area (Å²) in [7, 11) is 1.91. The number of aryl methyl sites for hydroxylation is 1. The largest absolute Gasteiger partial charge is 0.380 e. The van der Waals surface area contributed by atoms with Crippen molar-refractivity contribution in [2.45, 2.75) is 12.5 Å². The van der Waals surface area contributed by atoms with Crippen LogP contribution in [0.2, 0.25) is 0 Å². The van der Waals surface area contributed by atoms with Crippen molar-refractivity contribution in [3.05, 3.63) is 18.0 Å². The summed E-state index contributed by atoms with van der Waals surface area (Å²) in [6.45, 7) is 4.63. The molecule has 0 aliphatic carbocycles. The van der Waals surface area contributed by atoms with Crippen molar-refractivity contribution >= 4 is 0 Å². The Balaban J connectivity index is 1.88. The van der Waals surface area contributed by atoms with Gasteiger partial charge in [-0.05, 0) is 6.42 Å². The number of nitrogens with two attached hydrogens (primary N) is 1. The summed E-state index contributed by atoms with van der Waals surface area (Å²) < 4.78 is 7.21. The lowest BCUT2D eigenvalue weighted by Crippen LogP contribution is -2.33. The zero-order valence-corrected chi connectivity index (χ0v) is 9.80. The molecule has 1 unspecified atom stereocenters. The molecule has 5 nitrogen and oxygen atoms in total. The molecule has 0 saturated carbocycles. The predicted molar refractivity (Wildman–Crippen MR) is 62.0 cm³/mol. The van der Waals surface area contributed by atoms with Gasteiger partial charge in [-0.3, -0.25) is 9.58 Å². The molecule has 0 amide bonds. The van der Waals surface area contributed by atoms with E-state index in [1.807, 2.05) is 19.4 Å². The highest BCUT2D eigenvalue weighted by Gasteiger charge is 2.15. The van der Waals surface area contributed by atoms with Crippen LogP contribution in [0.4, 0.5) is 0 Å². The maximum Gasteiger partial charge on any atom is 0.0593 e. The molecule has 2 rings (SSSR count). The Morgan fingerprint density at radius 2 is 2.38 bits per heavy atom. The fourth-order valence-electron chi connectivity index (χ4n) is 2.00. The summed E-state index contributed by atoms with van der Waals surface area (Å²) in [6.07, 6.45) is 4.93. The van der Waals surface area contributed by atoms with Crippen molar-refractivity contribution < 1.29 is 4.74 Å². The summed E-state index contributed by atoms with van der Waals surface area (Å²) in [4.78, 5) is 2.37. The van der Waals surface area contributed by atoms with Crippen LogP contribution in [0.3, 0.4) is 0 Å². The van der Waals surface area contributed by atoms with E-state index < -0.39 is 0 Å². The SMILES string of the molecule is Cn1cc(C(N)CN2CCCOCC2)cn1. The van der Waals surface area contributed by atoms with Crippen LogP contribution in [0.5, 0.6) is 0 Å². The molecule has 5 heteroatoms. The average Bonchev–Trinajstić information content (AvgIpc) is 2.54. The Morgan fingerprint density at radius 1 is 1.50 bits per heavy atom. The molecule has 1 saturated heterocycles. The normalized spacial score (nSPS) is 20.6. The van der Waals surface area contributed by atoms with Gasteiger partial charge in [-0.15, -0.1) is 0 Å². The van der Waals surface area contributed by atoms with Gasteiger partial charge in [-0.25, -0.2) is 0 Å². The van der Waals surface area contributed by atoms with E-state index in [2.05, 4.69) is 10.00 Å². The Hall–Kier alpha value is -0.910. The second-order valence-corrected chi connectivity index (χ2v) is 4.32. The van der Waals surface area contributed by atoms with Crippen LogP contribution < -0.4 is 5.73 Å². The number of aromatic nitrogens is 2. The van der Waals surface area contributed by atoms with E-state index >= 15 is 0 Å². The summed E-state index contributed by atoms with van der Waals surface area (Å²) in [5, 5.41) is 4.14. The van der Waals surface area contributed by atoms with Crippen molar-refractivity contribution in [2.75, 3.05) is 32.8 Å². The van der Waals surface area contributed by atoms with Crippen molar-refractivity contribution in [3.8, 4) is 0 Å². The van der Waals surface area contributed by atoms with Crippen LogP contribution in [0.1, 0.15) is 18.0 Å². The molecule has 2 heterocycles. The summed E-state index contributed by atoms with van der Waals surface area (Å²) in [5.74, 6) is 0. The molecule has 0 spiro atoms. The van der Waals surface area contributed by atoms with Gasteiger partial charge in [0.05, 0.1) is 12.8 Å². The molecule has 0 bridgehead atoms. The fourth-order valence-corrected chi connectivity index (χ4v) is 2.00. The molecule has 2 N–H and O–H groups in total. The first kappa shape index (κ1) is 11.6. The molecular weight excluding hydrogens is 204 g/mol. The Labute approximate surface area is 96.2 Å². The van der Waals surface area contributed by atoms with Gasteiger partial charge in [0.15, 0.2) is 0 Å². The maximum absolute atomic E-state index is 6.15. The number of nitrogens with zero attached hydrogens (tertiary/aromatic N) is 3. The van der Waals surface area contributed by atoms with Crippen LogP contribution in [0.25, 0.3) is 0 Å². The van der Waals surface area contributed by atoms with E-state index in [9.17, 15) is 0 Å². The molecule has 90 valence electrons. The van der Waals surface area contributed by atoms with Gasteiger partial charge in [-0.1, -0.05) is 0 Å². The van der Waals surface area contributed by atoms with E-state index in [1.54, 1.807) is 4.68 Å². The van der Waals surface area contributed by atoms with Gasteiger partial charge >= 0.3 is 0 Å². The van der Waals surface area contributed by atoms with Crippen LogP contribution in [0.15, 0.2) is 12.4 Å². The minimum absolute atomic E-state index is 0.0480. The lowest BCUT2D eigenvalue weighted by Gasteiger charge is -2.22. The standard InChI is InChI=1S/C11H20N4O/c1-14-8-10(7-13-14)11(12)9-15-3-2-5-16-6-4-15/h7-8,11H,2-6,9,12H2,1H3. The third kappa shape index (κ3) is 3.04. The van der Waals surface area contributed by atoms with Gasteiger partial charge in [-0.2, -0.15) is 5.10 Å². The van der Waals surface area contributed by atoms with Crippen LogP contribution in [-0.4, -0.2) is 47.5 Å². The molecule has 1 aromatic heterocycles. The Morgan fingerprint density at radius 3 is 3.12 bits per heavy atom. The third-order valence-electron chi connectivity index (χ3n) is 2.92. The highest BCUT2D eigenvalue weighted by molar-refractivity contribution is 5.09. The van der Waals surface area contributed by atoms with E-state index in [0.29, 0.717) is 0 Å². The van der Waals surface area contributed by atoms with Gasteiger partial charge in [0, 0.05) is 51.1 Å². The summed E-state index contributed by atoms with van der Waals surface area (Å²) >= 11 is 0. The first-order valence-corrected chi connectivity index (χ1v) is 5.80. The van der Waals surface area contributed by atoms with Crippen molar-refractivity contribution in [3.63, 3.8) is 0 Å². The molecule has 1 fully saturated rings. The van der Waals surface area contributed by atoms with E-state index in [-0.39, 0.29) is 6.04 Å². The fraction of sp³-hybridized carbons (Fsp3) is 0.727. The molecule has 1 aliphatic heterocycles. The quantitative estimate of drug-likeness (QED) is 0.793. The zero-order valence-electron chi connectivity index (χ0n) is 9.80. The zero-order chi connectivity index (χ0) is 11.4. The molecule has 0 aromatic carbocycles. The lowest BCUT2D eigenvalue weighted by atomic mass is 10.1. The van der Waals surface area contributed by atoms with Crippen LogP contribution >= 0.6 is 0 Å². The van der Waals surface area contributed by atoms with Crippen molar-refractivity contribution in [1.29, 1.82) is 0 Å². The van der Waals surface area contributed by atoms with Gasteiger partial charge in [0.2, 0.25) is 0 Å². The number of hydrogen-bond acceptors (Lipinski definition) is 4. The lowest BCUT2D eigenvalue weighted by molar-refractivity contribution is 0.140. The predicted octanol–water partition coefficient (Wildman–Crippen LogP) is 0.142. The van der Waals surface area contributed by atoms with Crippen LogP contribution in [0, 0.1) is 0 Å².